The first kappa shape index (κ1) is 30.7. The monoisotopic (exact) mass is 617 g/mol. The molecular weight excluding hydrogens is 584 g/mol. The van der Waals surface area contributed by atoms with Crippen molar-refractivity contribution in [3.05, 3.63) is 141 Å². The van der Waals surface area contributed by atoms with Gasteiger partial charge >= 0.3 is 0 Å². The quantitative estimate of drug-likeness (QED) is 0.165. The van der Waals surface area contributed by atoms with Crippen LogP contribution in [0.1, 0.15) is 51.4 Å². The highest BCUT2D eigenvalue weighted by Crippen LogP contribution is 2.42. The van der Waals surface area contributed by atoms with Crippen molar-refractivity contribution in [2.24, 2.45) is 0 Å². The van der Waals surface area contributed by atoms with E-state index in [1.807, 2.05) is 60.6 Å². The molecule has 2 aromatic carbocycles. The van der Waals surface area contributed by atoms with E-state index in [9.17, 15) is 14.0 Å². The summed E-state index contributed by atoms with van der Waals surface area (Å²) in [6, 6.07) is 14.0. The maximum atomic E-state index is 15.4. The summed E-state index contributed by atoms with van der Waals surface area (Å²) >= 11 is 1.44. The molecule has 2 unspecified atom stereocenters. The van der Waals surface area contributed by atoms with E-state index in [0.717, 1.165) is 22.1 Å². The predicted octanol–water partition coefficient (Wildman–Crippen LogP) is 6.75. The zero-order valence-corrected chi connectivity index (χ0v) is 25.4. The Kier molecular flexibility index (Phi) is 9.29. The van der Waals surface area contributed by atoms with Gasteiger partial charge in [-0.05, 0) is 48.1 Å². The van der Waals surface area contributed by atoms with Crippen molar-refractivity contribution in [1.29, 1.82) is 0 Å². The molecule has 1 aliphatic heterocycles. The molecule has 0 saturated carbocycles. The number of pyridine rings is 1. The normalized spacial score (nSPS) is 14.1. The molecule has 44 heavy (non-hydrogen) atoms. The van der Waals surface area contributed by atoms with Crippen LogP contribution in [0.3, 0.4) is 0 Å². The lowest BCUT2D eigenvalue weighted by molar-refractivity contribution is 0.0623. The van der Waals surface area contributed by atoms with Gasteiger partial charge in [0.05, 0.1) is 6.04 Å². The van der Waals surface area contributed by atoms with Crippen molar-refractivity contribution in [1.82, 2.24) is 9.58 Å². The number of fused-ring (bicyclic) bond motifs is 1. The van der Waals surface area contributed by atoms with E-state index < -0.39 is 29.0 Å². The summed E-state index contributed by atoms with van der Waals surface area (Å²) in [5, 5.41) is 3.75. The molecule has 1 amide bonds. The number of aromatic nitrogens is 1. The Bertz CT molecular complexity index is 1740. The highest BCUT2D eigenvalue weighted by Gasteiger charge is 2.40. The van der Waals surface area contributed by atoms with Gasteiger partial charge in [0.15, 0.2) is 23.0 Å². The summed E-state index contributed by atoms with van der Waals surface area (Å²) in [6.45, 7) is 11.5. The number of halogens is 2. The van der Waals surface area contributed by atoms with Crippen molar-refractivity contribution in [3.63, 3.8) is 0 Å². The highest BCUT2D eigenvalue weighted by atomic mass is 32.1. The van der Waals surface area contributed by atoms with Crippen molar-refractivity contribution in [2.45, 2.75) is 39.0 Å². The average Bonchev–Trinajstić information content (AvgIpc) is 3.46. The third-order valence-corrected chi connectivity index (χ3v) is 8.63. The van der Waals surface area contributed by atoms with Crippen LogP contribution >= 0.6 is 11.3 Å². The number of carbonyl (C=O) groups excluding carboxylic acids is 1. The van der Waals surface area contributed by atoms with Crippen molar-refractivity contribution < 1.29 is 23.0 Å². The van der Waals surface area contributed by atoms with Crippen LogP contribution in [0.15, 0.2) is 96.3 Å². The second-order valence-electron chi connectivity index (χ2n) is 10.3. The van der Waals surface area contributed by atoms with Gasteiger partial charge in [0.2, 0.25) is 11.2 Å². The largest absolute Gasteiger partial charge is 0.486 e. The lowest BCUT2D eigenvalue weighted by atomic mass is 10.00. The van der Waals surface area contributed by atoms with E-state index in [0.29, 0.717) is 12.0 Å². The number of rotatable bonds is 12. The number of thiophene rings is 1. The molecule has 1 aliphatic rings. The van der Waals surface area contributed by atoms with E-state index in [1.165, 1.54) is 35.7 Å². The molecule has 3 heterocycles. The van der Waals surface area contributed by atoms with E-state index in [-0.39, 0.29) is 43.1 Å². The van der Waals surface area contributed by atoms with Crippen molar-refractivity contribution in [2.75, 3.05) is 18.3 Å². The minimum atomic E-state index is -1.13. The first-order valence-corrected chi connectivity index (χ1v) is 15.1. The fourth-order valence-electron chi connectivity index (χ4n) is 5.34. The highest BCUT2D eigenvalue weighted by molar-refractivity contribution is 7.10. The standard InChI is InChI=1S/C34H33F2N3O4S/c1-5-18-42-31-25(13-14-26(35)28(31)36)29(33-22(4)16-19-44-33)39-21-37(24(6-2)7-3)34(41)30-32(27(40)15-17-38(30)39)43-20-23-11-9-8-10-12-23/h5-6,8-17,19,24,29H,1-2,7,18,20-21H2,3-4H3. The van der Waals surface area contributed by atoms with Crippen LogP contribution < -0.4 is 19.9 Å². The van der Waals surface area contributed by atoms with Crippen LogP contribution in [0.5, 0.6) is 11.5 Å². The number of nitrogens with zero attached hydrogens (tertiary/aromatic N) is 3. The summed E-state index contributed by atoms with van der Waals surface area (Å²) in [5.74, 6) is -2.96. The molecule has 0 aliphatic carbocycles. The van der Waals surface area contributed by atoms with Gasteiger partial charge in [-0.3, -0.25) is 19.3 Å². The SMILES string of the molecule is C=CCOc1c(C(c2sccc2C)N2CN(C(C=C)CC)C(=O)c3c(OCc4ccccc4)c(=O)ccn32)ccc(F)c1F. The first-order chi connectivity index (χ1) is 21.3. The molecule has 0 saturated heterocycles. The number of ether oxygens (including phenoxy) is 2. The lowest BCUT2D eigenvalue weighted by Gasteiger charge is -2.46. The Morgan fingerprint density at radius 2 is 1.80 bits per heavy atom. The van der Waals surface area contributed by atoms with Crippen LogP contribution in [0.25, 0.3) is 0 Å². The van der Waals surface area contributed by atoms with Crippen LogP contribution in [0.4, 0.5) is 8.78 Å². The van der Waals surface area contributed by atoms with E-state index >= 15 is 4.39 Å². The zero-order chi connectivity index (χ0) is 31.4. The van der Waals surface area contributed by atoms with Crippen molar-refractivity contribution >= 4 is 17.2 Å². The third-order valence-electron chi connectivity index (χ3n) is 7.56. The van der Waals surface area contributed by atoms with Gasteiger partial charge in [0, 0.05) is 22.7 Å². The van der Waals surface area contributed by atoms with E-state index in [2.05, 4.69) is 13.2 Å². The second-order valence-corrected chi connectivity index (χ2v) is 11.2. The number of aryl methyl sites for hydroxylation is 1. The van der Waals surface area contributed by atoms with Gasteiger partial charge in [0.1, 0.15) is 25.9 Å². The lowest BCUT2D eigenvalue weighted by Crippen LogP contribution is -2.58. The summed E-state index contributed by atoms with van der Waals surface area (Å²) < 4.78 is 43.4. The minimum Gasteiger partial charge on any atom is -0.486 e. The Balaban J connectivity index is 1.75. The molecular formula is C34H33F2N3O4S. The smallest absolute Gasteiger partial charge is 0.278 e. The van der Waals surface area contributed by atoms with Gasteiger partial charge < -0.3 is 14.4 Å². The molecule has 7 nitrogen and oxygen atoms in total. The van der Waals surface area contributed by atoms with Crippen LogP contribution in [0.2, 0.25) is 0 Å². The van der Waals surface area contributed by atoms with E-state index in [1.54, 1.807) is 15.7 Å². The molecule has 0 radical (unpaired) electrons. The number of hydrogen-bond acceptors (Lipinski definition) is 6. The molecule has 5 rings (SSSR count). The molecule has 2 atom stereocenters. The molecule has 228 valence electrons. The Morgan fingerprint density at radius 3 is 2.45 bits per heavy atom. The van der Waals surface area contributed by atoms with Gasteiger partial charge in [-0.2, -0.15) is 4.39 Å². The first-order valence-electron chi connectivity index (χ1n) is 14.2. The zero-order valence-electron chi connectivity index (χ0n) is 24.5. The van der Waals surface area contributed by atoms with Gasteiger partial charge in [-0.25, -0.2) is 4.39 Å². The summed E-state index contributed by atoms with van der Waals surface area (Å²) in [4.78, 5) is 29.9. The number of carbonyl (C=O) groups is 1. The minimum absolute atomic E-state index is 0.0235. The van der Waals surface area contributed by atoms with Crippen molar-refractivity contribution in [3.8, 4) is 11.5 Å². The maximum Gasteiger partial charge on any atom is 0.278 e. The molecule has 0 N–H and O–H groups in total. The molecule has 10 heteroatoms. The summed E-state index contributed by atoms with van der Waals surface area (Å²) in [5.41, 5.74) is 1.63. The topological polar surface area (TPSA) is 64.0 Å². The number of amides is 1. The average molecular weight is 618 g/mol. The predicted molar refractivity (Wildman–Crippen MR) is 168 cm³/mol. The molecule has 0 spiro atoms. The fraction of sp³-hybridized carbons (Fsp3) is 0.235. The third kappa shape index (κ3) is 5.77. The summed E-state index contributed by atoms with van der Waals surface area (Å²) in [6.07, 6.45) is 5.20. The second kappa shape index (κ2) is 13.3. The van der Waals surface area contributed by atoms with Crippen LogP contribution in [0, 0.1) is 18.6 Å². The Labute approximate surface area is 258 Å². The van der Waals surface area contributed by atoms with Gasteiger partial charge in [-0.1, -0.05) is 56.0 Å². The Hall–Kier alpha value is -4.70. The number of hydrogen-bond donors (Lipinski definition) is 0. The van der Waals surface area contributed by atoms with Crippen LogP contribution in [-0.4, -0.2) is 34.8 Å². The molecule has 4 aromatic rings. The van der Waals surface area contributed by atoms with E-state index in [4.69, 9.17) is 9.47 Å². The number of benzene rings is 2. The maximum absolute atomic E-state index is 15.4. The molecule has 0 fully saturated rings. The van der Waals surface area contributed by atoms with Crippen LogP contribution in [-0.2, 0) is 6.61 Å². The van der Waals surface area contributed by atoms with Gasteiger partial charge in [-0.15, -0.1) is 17.9 Å². The Morgan fingerprint density at radius 1 is 1.02 bits per heavy atom. The summed E-state index contributed by atoms with van der Waals surface area (Å²) in [7, 11) is 0. The molecule has 2 aromatic heterocycles. The van der Waals surface area contributed by atoms with Gasteiger partial charge in [0.25, 0.3) is 5.91 Å². The molecule has 0 bridgehead atoms. The fourth-order valence-corrected chi connectivity index (χ4v) is 6.39.